The second kappa shape index (κ2) is 11.6. The Morgan fingerprint density at radius 2 is 1.62 bits per heavy atom. The summed E-state index contributed by atoms with van der Waals surface area (Å²) < 4.78 is 0. The minimum atomic E-state index is -0.413. The summed E-state index contributed by atoms with van der Waals surface area (Å²) in [5.41, 5.74) is 5.49. The van der Waals surface area contributed by atoms with Gasteiger partial charge in [-0.1, -0.05) is 60.7 Å². The Morgan fingerprint density at radius 3 is 2.43 bits per heavy atom. The van der Waals surface area contributed by atoms with E-state index in [0.29, 0.717) is 39.3 Å². The van der Waals surface area contributed by atoms with Gasteiger partial charge in [-0.2, -0.15) is 10.5 Å². The molecule has 0 aliphatic heterocycles. The lowest BCUT2D eigenvalue weighted by atomic mass is 9.99. The van der Waals surface area contributed by atoms with E-state index in [1.165, 1.54) is 5.56 Å². The Morgan fingerprint density at radius 1 is 0.810 bits per heavy atom. The lowest BCUT2D eigenvalue weighted by Crippen LogP contribution is -2.15. The number of hydrogen-bond acceptors (Lipinski definition) is 6. The van der Waals surface area contributed by atoms with Gasteiger partial charge in [0.1, 0.15) is 5.69 Å². The van der Waals surface area contributed by atoms with Crippen LogP contribution in [0, 0.1) is 11.3 Å². The first kappa shape index (κ1) is 26.2. The van der Waals surface area contributed by atoms with E-state index in [-0.39, 0.29) is 11.7 Å². The van der Waals surface area contributed by atoms with Gasteiger partial charge >= 0.3 is 0 Å². The van der Waals surface area contributed by atoms with Gasteiger partial charge in [-0.3, -0.25) is 9.59 Å². The van der Waals surface area contributed by atoms with Gasteiger partial charge in [0.25, 0.3) is 11.8 Å². The lowest BCUT2D eigenvalue weighted by Gasteiger charge is -2.11. The fourth-order valence-corrected chi connectivity index (χ4v) is 4.83. The maximum Gasteiger partial charge on any atom is 0.272 e. The Hall–Kier alpha value is -6.08. The molecule has 10 nitrogen and oxygen atoms in total. The summed E-state index contributed by atoms with van der Waals surface area (Å²) in [6, 6.07) is 31.8. The Kier molecular flexibility index (Phi) is 7.21. The number of anilines is 2. The third-order valence-corrected chi connectivity index (χ3v) is 6.92. The molecule has 4 N–H and O–H groups in total. The van der Waals surface area contributed by atoms with E-state index in [2.05, 4.69) is 54.4 Å². The summed E-state index contributed by atoms with van der Waals surface area (Å²) in [5, 5.41) is 29.9. The molecule has 2 amide bonds. The normalized spacial score (nSPS) is 10.7. The van der Waals surface area contributed by atoms with Crippen molar-refractivity contribution in [3.05, 3.63) is 125 Å². The number of carbonyl (C=O) groups is 2. The number of aryl methyl sites for hydroxylation is 2. The Balaban J connectivity index is 1.23. The average molecular weight is 553 g/mol. The first-order valence-corrected chi connectivity index (χ1v) is 13.2. The third kappa shape index (κ3) is 5.48. The lowest BCUT2D eigenvalue weighted by molar-refractivity contribution is 0.101. The third-order valence-electron chi connectivity index (χ3n) is 6.92. The molecule has 2 heterocycles. The predicted octanol–water partition coefficient (Wildman–Crippen LogP) is 5.51. The van der Waals surface area contributed by atoms with Crippen LogP contribution >= 0.6 is 0 Å². The molecule has 10 heteroatoms. The summed E-state index contributed by atoms with van der Waals surface area (Å²) in [4.78, 5) is 29.9. The molecule has 4 aromatic carbocycles. The summed E-state index contributed by atoms with van der Waals surface area (Å²) >= 11 is 0. The molecule has 0 saturated heterocycles. The largest absolute Gasteiger partial charge is 0.349 e. The van der Waals surface area contributed by atoms with Gasteiger partial charge in [-0.05, 0) is 65.6 Å². The highest BCUT2D eigenvalue weighted by Crippen LogP contribution is 2.28. The number of nitrogens with one attached hydrogen (secondary N) is 4. The first-order valence-electron chi connectivity index (χ1n) is 13.2. The molecule has 0 aliphatic carbocycles. The van der Waals surface area contributed by atoms with Crippen LogP contribution < -0.4 is 10.6 Å². The highest BCUT2D eigenvalue weighted by molar-refractivity contribution is 6.12. The van der Waals surface area contributed by atoms with E-state index in [0.717, 1.165) is 23.8 Å². The number of nitriles is 1. The second-order valence-electron chi connectivity index (χ2n) is 9.61. The number of H-pyrrole nitrogens is 2. The molecule has 204 valence electrons. The number of benzene rings is 4. The van der Waals surface area contributed by atoms with Crippen molar-refractivity contribution in [3.63, 3.8) is 0 Å². The number of amides is 2. The molecule has 42 heavy (non-hydrogen) atoms. The quantitative estimate of drug-likeness (QED) is 0.195. The van der Waals surface area contributed by atoms with E-state index in [4.69, 9.17) is 0 Å². The number of aromatic amines is 2. The molecule has 2 aromatic heterocycles. The van der Waals surface area contributed by atoms with Gasteiger partial charge in [0.15, 0.2) is 0 Å². The number of aromatic nitrogens is 5. The number of tetrazole rings is 1. The SMILES string of the molecule is N#Cc1ccc(NC(=O)c2cc3cccc(NC(=O)c4ccccc4CCc4ccccc4)c3[nH]2)c(-c2nn[nH]n2)c1. The van der Waals surface area contributed by atoms with Crippen LogP contribution in [0.3, 0.4) is 0 Å². The number of para-hydroxylation sites is 1. The minimum absolute atomic E-state index is 0.228. The number of nitrogens with zero attached hydrogens (tertiary/aromatic N) is 4. The second-order valence-corrected chi connectivity index (χ2v) is 9.61. The standard InChI is InChI=1S/C32H24N8O2/c33-19-21-14-16-26(25(17-21)30-37-39-40-38-30)35-32(42)28-18-23-10-6-12-27(29(23)34-28)36-31(41)24-11-5-4-9-22(24)15-13-20-7-2-1-3-8-20/h1-12,14,16-18,34H,13,15H2,(H,35,42)(H,36,41)(H,37,38,39,40). The van der Waals surface area contributed by atoms with E-state index >= 15 is 0 Å². The molecule has 6 rings (SSSR count). The van der Waals surface area contributed by atoms with Crippen LogP contribution in [0.1, 0.15) is 37.5 Å². The summed E-state index contributed by atoms with van der Waals surface area (Å²) in [5.74, 6) is -0.397. The van der Waals surface area contributed by atoms with Crippen molar-refractivity contribution in [1.29, 1.82) is 5.26 Å². The van der Waals surface area contributed by atoms with Gasteiger partial charge in [-0.25, -0.2) is 0 Å². The molecule has 0 bridgehead atoms. The van der Waals surface area contributed by atoms with Gasteiger partial charge in [0, 0.05) is 16.5 Å². The number of rotatable bonds is 8. The van der Waals surface area contributed by atoms with E-state index in [1.54, 1.807) is 30.3 Å². The molecular weight excluding hydrogens is 528 g/mol. The molecule has 0 radical (unpaired) electrons. The van der Waals surface area contributed by atoms with Crippen molar-refractivity contribution < 1.29 is 9.59 Å². The van der Waals surface area contributed by atoms with Crippen LogP contribution in [0.15, 0.2) is 97.1 Å². The average Bonchev–Trinajstić information content (AvgIpc) is 3.72. The highest BCUT2D eigenvalue weighted by atomic mass is 16.2. The zero-order chi connectivity index (χ0) is 28.9. The summed E-state index contributed by atoms with van der Waals surface area (Å²) in [7, 11) is 0. The van der Waals surface area contributed by atoms with Crippen LogP contribution in [-0.2, 0) is 12.8 Å². The van der Waals surface area contributed by atoms with Crippen LogP contribution in [0.2, 0.25) is 0 Å². The molecule has 0 saturated carbocycles. The van der Waals surface area contributed by atoms with Crippen LogP contribution in [0.4, 0.5) is 11.4 Å². The Bertz CT molecular complexity index is 1940. The zero-order valence-corrected chi connectivity index (χ0v) is 22.3. The minimum Gasteiger partial charge on any atom is -0.349 e. The smallest absolute Gasteiger partial charge is 0.272 e. The molecule has 0 spiro atoms. The Labute approximate surface area is 240 Å². The summed E-state index contributed by atoms with van der Waals surface area (Å²) in [6.45, 7) is 0. The van der Waals surface area contributed by atoms with Crippen molar-refractivity contribution >= 4 is 34.1 Å². The zero-order valence-electron chi connectivity index (χ0n) is 22.3. The van der Waals surface area contributed by atoms with E-state index in [9.17, 15) is 14.9 Å². The predicted molar refractivity (Wildman–Crippen MR) is 159 cm³/mol. The van der Waals surface area contributed by atoms with Crippen molar-refractivity contribution in [1.82, 2.24) is 25.6 Å². The molecule has 0 atom stereocenters. The van der Waals surface area contributed by atoms with E-state index < -0.39 is 5.91 Å². The fourth-order valence-electron chi connectivity index (χ4n) is 4.83. The van der Waals surface area contributed by atoms with Crippen LogP contribution in [0.5, 0.6) is 0 Å². The van der Waals surface area contributed by atoms with Gasteiger partial charge in [0.05, 0.1) is 28.5 Å². The van der Waals surface area contributed by atoms with Crippen LogP contribution in [-0.4, -0.2) is 37.4 Å². The van der Waals surface area contributed by atoms with Crippen molar-refractivity contribution in [2.75, 3.05) is 10.6 Å². The summed E-state index contributed by atoms with van der Waals surface area (Å²) in [6.07, 6.45) is 1.55. The highest BCUT2D eigenvalue weighted by Gasteiger charge is 2.18. The number of fused-ring (bicyclic) bond motifs is 1. The molecule has 0 unspecified atom stereocenters. The first-order chi connectivity index (χ1) is 20.6. The van der Waals surface area contributed by atoms with Gasteiger partial charge in [0.2, 0.25) is 5.82 Å². The van der Waals surface area contributed by atoms with Crippen molar-refractivity contribution in [2.45, 2.75) is 12.8 Å². The molecule has 0 aliphatic rings. The molecular formula is C32H24N8O2. The number of carbonyl (C=O) groups excluding carboxylic acids is 2. The number of hydrogen-bond donors (Lipinski definition) is 4. The maximum atomic E-state index is 13.4. The topological polar surface area (TPSA) is 152 Å². The van der Waals surface area contributed by atoms with Gasteiger partial charge < -0.3 is 15.6 Å². The van der Waals surface area contributed by atoms with Crippen molar-refractivity contribution in [2.24, 2.45) is 0 Å². The van der Waals surface area contributed by atoms with Gasteiger partial charge in [-0.15, -0.1) is 10.2 Å². The van der Waals surface area contributed by atoms with Crippen molar-refractivity contribution in [3.8, 4) is 17.5 Å². The molecule has 0 fully saturated rings. The van der Waals surface area contributed by atoms with Crippen LogP contribution in [0.25, 0.3) is 22.3 Å². The van der Waals surface area contributed by atoms with E-state index in [1.807, 2.05) is 54.6 Å². The maximum absolute atomic E-state index is 13.4. The molecule has 6 aromatic rings. The monoisotopic (exact) mass is 552 g/mol. The fraction of sp³-hybridized carbons (Fsp3) is 0.0625.